The van der Waals surface area contributed by atoms with Crippen molar-refractivity contribution < 1.29 is 13.9 Å². The molecule has 2 bridgehead atoms. The van der Waals surface area contributed by atoms with Crippen molar-refractivity contribution in [2.45, 2.75) is 50.9 Å². The molecule has 2 saturated heterocycles. The van der Waals surface area contributed by atoms with Gasteiger partial charge in [-0.1, -0.05) is 12.8 Å². The molecular formula is C19H18N4O3. The Hall–Kier alpha value is -2.82. The van der Waals surface area contributed by atoms with E-state index in [9.17, 15) is 15.8 Å². The van der Waals surface area contributed by atoms with Crippen LogP contribution in [0.15, 0.2) is 16.5 Å². The number of ether oxygens (including phenoxy) is 2. The van der Waals surface area contributed by atoms with Gasteiger partial charge in [0.05, 0.1) is 24.1 Å². The Bertz CT molecular complexity index is 887. The molecular weight excluding hydrogens is 332 g/mol. The third kappa shape index (κ3) is 1.70. The van der Waals surface area contributed by atoms with Gasteiger partial charge in [-0.15, -0.1) is 0 Å². The molecule has 26 heavy (non-hydrogen) atoms. The van der Waals surface area contributed by atoms with Crippen molar-refractivity contribution in [3.05, 3.63) is 23.7 Å². The standard InChI is InChI=1S/C19H18N4O3/c1-12-6-7-13(24-12)15-17(9-20,10-21)18(11-22)14-5-3-2-4-8-19(14,25-15)26-16(18)23/h6-7,14-15,23H,2-5,8H2,1H3. The van der Waals surface area contributed by atoms with Gasteiger partial charge in [0.25, 0.3) is 0 Å². The third-order valence-electron chi connectivity index (χ3n) is 6.09. The lowest BCUT2D eigenvalue weighted by Crippen LogP contribution is -2.59. The second-order valence-corrected chi connectivity index (χ2v) is 7.29. The number of furan rings is 1. The molecule has 7 nitrogen and oxygen atoms in total. The molecule has 1 aromatic rings. The molecule has 3 fully saturated rings. The summed E-state index contributed by atoms with van der Waals surface area (Å²) in [5.74, 6) is -1.09. The summed E-state index contributed by atoms with van der Waals surface area (Å²) < 4.78 is 17.8. The van der Waals surface area contributed by atoms with Gasteiger partial charge in [0.2, 0.25) is 17.1 Å². The minimum Gasteiger partial charge on any atom is -0.464 e. The molecule has 0 radical (unpaired) electrons. The first-order chi connectivity index (χ1) is 12.5. The van der Waals surface area contributed by atoms with Crippen LogP contribution in [0.5, 0.6) is 0 Å². The molecule has 4 atom stereocenters. The number of hydrogen-bond donors (Lipinski definition) is 1. The number of nitrogens with zero attached hydrogens (tertiary/aromatic N) is 3. The van der Waals surface area contributed by atoms with Crippen LogP contribution in [0.3, 0.4) is 0 Å². The normalized spacial score (nSPS) is 37.4. The maximum absolute atomic E-state index is 10.2. The summed E-state index contributed by atoms with van der Waals surface area (Å²) in [6.45, 7) is 1.76. The van der Waals surface area contributed by atoms with E-state index < -0.39 is 28.6 Å². The largest absolute Gasteiger partial charge is 0.464 e. The third-order valence-corrected chi connectivity index (χ3v) is 6.09. The number of nitriles is 3. The lowest BCUT2D eigenvalue weighted by atomic mass is 9.53. The van der Waals surface area contributed by atoms with Crippen LogP contribution in [0.25, 0.3) is 0 Å². The van der Waals surface area contributed by atoms with Crippen LogP contribution < -0.4 is 0 Å². The molecule has 4 unspecified atom stereocenters. The van der Waals surface area contributed by atoms with Gasteiger partial charge < -0.3 is 13.9 Å². The molecule has 1 N–H and O–H groups in total. The molecule has 3 aliphatic rings. The topological polar surface area (TPSA) is 127 Å². The lowest BCUT2D eigenvalue weighted by Gasteiger charge is -2.48. The molecule has 0 amide bonds. The van der Waals surface area contributed by atoms with E-state index in [1.54, 1.807) is 19.1 Å². The fourth-order valence-corrected chi connectivity index (χ4v) is 4.89. The van der Waals surface area contributed by atoms with Gasteiger partial charge in [0.15, 0.2) is 11.5 Å². The number of hydrogen-bond acceptors (Lipinski definition) is 7. The van der Waals surface area contributed by atoms with Crippen molar-refractivity contribution in [3.8, 4) is 18.2 Å². The van der Waals surface area contributed by atoms with Crippen molar-refractivity contribution in [2.75, 3.05) is 0 Å². The highest BCUT2D eigenvalue weighted by atomic mass is 16.7. The predicted octanol–water partition coefficient (Wildman–Crippen LogP) is 3.49. The molecule has 4 rings (SSSR count). The van der Waals surface area contributed by atoms with Gasteiger partial charge in [-0.3, -0.25) is 5.41 Å². The summed E-state index contributed by atoms with van der Waals surface area (Å²) in [6, 6.07) is 9.62. The zero-order valence-corrected chi connectivity index (χ0v) is 14.4. The molecule has 132 valence electrons. The van der Waals surface area contributed by atoms with Crippen molar-refractivity contribution >= 4 is 5.90 Å². The number of aryl methyl sites for hydroxylation is 1. The van der Waals surface area contributed by atoms with Crippen LogP contribution in [0.1, 0.15) is 49.7 Å². The van der Waals surface area contributed by atoms with Crippen LogP contribution in [-0.2, 0) is 9.47 Å². The van der Waals surface area contributed by atoms with Crippen LogP contribution in [0.4, 0.5) is 0 Å². The van der Waals surface area contributed by atoms with E-state index in [0.29, 0.717) is 24.4 Å². The van der Waals surface area contributed by atoms with Crippen LogP contribution in [0, 0.1) is 63.1 Å². The summed E-state index contributed by atoms with van der Waals surface area (Å²) in [4.78, 5) is 0. The first-order valence-electron chi connectivity index (χ1n) is 8.75. The van der Waals surface area contributed by atoms with Gasteiger partial charge in [0, 0.05) is 6.42 Å². The molecule has 7 heteroatoms. The predicted molar refractivity (Wildman–Crippen MR) is 87.1 cm³/mol. The maximum Gasteiger partial charge on any atom is 0.217 e. The van der Waals surface area contributed by atoms with Crippen LogP contribution in [-0.4, -0.2) is 11.7 Å². The fourth-order valence-electron chi connectivity index (χ4n) is 4.89. The Morgan fingerprint density at radius 2 is 1.88 bits per heavy atom. The Morgan fingerprint density at radius 1 is 1.12 bits per heavy atom. The van der Waals surface area contributed by atoms with E-state index in [1.807, 2.05) is 12.1 Å². The average Bonchev–Trinajstić information content (AvgIpc) is 3.05. The van der Waals surface area contributed by atoms with Gasteiger partial charge in [-0.25, -0.2) is 0 Å². The molecule has 1 aromatic heterocycles. The summed E-state index contributed by atoms with van der Waals surface area (Å²) >= 11 is 0. The summed E-state index contributed by atoms with van der Waals surface area (Å²) in [7, 11) is 0. The highest BCUT2D eigenvalue weighted by molar-refractivity contribution is 5.89. The molecule has 0 spiro atoms. The van der Waals surface area contributed by atoms with E-state index >= 15 is 0 Å². The smallest absolute Gasteiger partial charge is 0.217 e. The van der Waals surface area contributed by atoms with Gasteiger partial charge >= 0.3 is 0 Å². The zero-order chi connectivity index (χ0) is 18.6. The van der Waals surface area contributed by atoms with Crippen LogP contribution in [0.2, 0.25) is 0 Å². The van der Waals surface area contributed by atoms with Crippen molar-refractivity contribution in [1.82, 2.24) is 0 Å². The monoisotopic (exact) mass is 350 g/mol. The first kappa shape index (κ1) is 16.6. The lowest BCUT2D eigenvalue weighted by molar-refractivity contribution is -0.288. The Labute approximate surface area is 151 Å². The Kier molecular flexibility index (Phi) is 3.41. The Morgan fingerprint density at radius 3 is 2.50 bits per heavy atom. The van der Waals surface area contributed by atoms with E-state index in [4.69, 9.17) is 19.3 Å². The summed E-state index contributed by atoms with van der Waals surface area (Å²) in [5, 5.41) is 38.8. The number of rotatable bonds is 1. The van der Waals surface area contributed by atoms with Crippen molar-refractivity contribution in [1.29, 1.82) is 21.2 Å². The van der Waals surface area contributed by atoms with E-state index in [1.165, 1.54) is 0 Å². The molecule has 3 heterocycles. The van der Waals surface area contributed by atoms with Gasteiger partial charge in [-0.2, -0.15) is 15.8 Å². The second kappa shape index (κ2) is 5.34. The minimum atomic E-state index is -1.92. The summed E-state index contributed by atoms with van der Waals surface area (Å²) in [6.07, 6.45) is 2.63. The van der Waals surface area contributed by atoms with Crippen LogP contribution >= 0.6 is 0 Å². The zero-order valence-electron chi connectivity index (χ0n) is 14.4. The molecule has 1 saturated carbocycles. The second-order valence-electron chi connectivity index (χ2n) is 7.29. The summed E-state index contributed by atoms with van der Waals surface area (Å²) in [5.41, 5.74) is -3.59. The van der Waals surface area contributed by atoms with Gasteiger partial charge in [-0.05, 0) is 31.9 Å². The molecule has 2 aliphatic heterocycles. The molecule has 1 aliphatic carbocycles. The maximum atomic E-state index is 10.2. The van der Waals surface area contributed by atoms with Crippen molar-refractivity contribution in [3.63, 3.8) is 0 Å². The van der Waals surface area contributed by atoms with E-state index in [0.717, 1.165) is 19.3 Å². The average molecular weight is 350 g/mol. The minimum absolute atomic E-state index is 0.311. The SMILES string of the molecule is Cc1ccc(C2OC34CCCCCC3C(C#N)(C(=N)O4)C2(C#N)C#N)o1. The highest BCUT2D eigenvalue weighted by Gasteiger charge is 2.80. The van der Waals surface area contributed by atoms with Crippen molar-refractivity contribution in [2.24, 2.45) is 16.7 Å². The number of nitrogens with one attached hydrogen (secondary N) is 1. The highest BCUT2D eigenvalue weighted by Crippen LogP contribution is 2.69. The Balaban J connectivity index is 2.00. The fraction of sp³-hybridized carbons (Fsp3) is 0.579. The molecule has 0 aromatic carbocycles. The van der Waals surface area contributed by atoms with E-state index in [-0.39, 0.29) is 5.90 Å². The quantitative estimate of drug-likeness (QED) is 0.826. The van der Waals surface area contributed by atoms with E-state index in [2.05, 4.69) is 6.07 Å². The van der Waals surface area contributed by atoms with Gasteiger partial charge in [0.1, 0.15) is 11.5 Å². The first-order valence-corrected chi connectivity index (χ1v) is 8.75.